The van der Waals surface area contributed by atoms with Crippen LogP contribution in [-0.4, -0.2) is 9.55 Å². The number of benzene rings is 5. The van der Waals surface area contributed by atoms with Crippen LogP contribution in [0.5, 0.6) is 0 Å². The van der Waals surface area contributed by atoms with Gasteiger partial charge in [-0.05, 0) is 112 Å². The fourth-order valence-corrected chi connectivity index (χ4v) is 8.61. The zero-order valence-electron chi connectivity index (χ0n) is 29.2. The number of aryl methyl sites for hydroxylation is 1. The van der Waals surface area contributed by atoms with Gasteiger partial charge in [-0.25, -0.2) is 0 Å². The highest BCUT2D eigenvalue weighted by Gasteiger charge is 2.56. The van der Waals surface area contributed by atoms with Crippen molar-refractivity contribution in [3.05, 3.63) is 114 Å². The average molecular weight is 617 g/mol. The van der Waals surface area contributed by atoms with Crippen molar-refractivity contribution >= 4 is 43.6 Å². The summed E-state index contributed by atoms with van der Waals surface area (Å²) in [4.78, 5) is 3.77. The van der Waals surface area contributed by atoms with Crippen LogP contribution in [0.15, 0.2) is 97.1 Å². The van der Waals surface area contributed by atoms with E-state index in [9.17, 15) is 0 Å². The van der Waals surface area contributed by atoms with Crippen molar-refractivity contribution in [2.24, 2.45) is 5.41 Å². The predicted octanol–water partition coefficient (Wildman–Crippen LogP) is 12.8. The second-order valence-corrected chi connectivity index (χ2v) is 15.8. The van der Waals surface area contributed by atoms with E-state index in [0.717, 1.165) is 6.42 Å². The van der Waals surface area contributed by atoms with Crippen LogP contribution in [0, 0.1) is 5.41 Å². The van der Waals surface area contributed by atoms with E-state index in [0.29, 0.717) is 0 Å². The standard InChI is InChI=1S/C45H48N2/c1-8-9-10-11-14-29-17-21-32(22-18-29)47-41-16-13-12-15-33(41)36-26-31(20-24-42(36)47)30-19-23-39-34(25-30)35-27-37-38(28-40(35)46-39)44(4,5)45(6,7)43(37,2)3/h12-13,15-28,46H,8-11,14H2,1-7H3. The molecule has 0 aliphatic heterocycles. The summed E-state index contributed by atoms with van der Waals surface area (Å²) in [7, 11) is 0. The van der Waals surface area contributed by atoms with Crippen molar-refractivity contribution < 1.29 is 0 Å². The SMILES string of the molecule is CCCCCCc1ccc(-n2c3ccccc3c3cc(-c4ccc5[nH]c6cc7c(cc6c5c4)C(C)(C)C(C)(C)C7(C)C)ccc32)cc1. The molecule has 2 aromatic heterocycles. The number of fused-ring (bicyclic) bond motifs is 7. The quantitative estimate of drug-likeness (QED) is 0.172. The second-order valence-electron chi connectivity index (χ2n) is 15.8. The van der Waals surface area contributed by atoms with Gasteiger partial charge in [-0.15, -0.1) is 0 Å². The van der Waals surface area contributed by atoms with Crippen LogP contribution in [0.4, 0.5) is 0 Å². The molecule has 1 N–H and O–H groups in total. The summed E-state index contributed by atoms with van der Waals surface area (Å²) in [5, 5.41) is 5.22. The fourth-order valence-electron chi connectivity index (χ4n) is 8.61. The van der Waals surface area contributed by atoms with E-state index in [2.05, 4.69) is 155 Å². The number of nitrogens with one attached hydrogen (secondary N) is 1. The Kier molecular flexibility index (Phi) is 6.78. The number of H-pyrrole nitrogens is 1. The van der Waals surface area contributed by atoms with E-state index < -0.39 is 0 Å². The summed E-state index contributed by atoms with van der Waals surface area (Å²) in [6.07, 6.45) is 6.36. The van der Waals surface area contributed by atoms with E-state index in [1.807, 2.05) is 0 Å². The van der Waals surface area contributed by atoms with Gasteiger partial charge in [-0.3, -0.25) is 0 Å². The molecule has 1 aliphatic carbocycles. The smallest absolute Gasteiger partial charge is 0.0541 e. The Labute approximate surface area is 279 Å². The molecule has 0 amide bonds. The lowest BCUT2D eigenvalue weighted by atomic mass is 9.59. The van der Waals surface area contributed by atoms with Crippen molar-refractivity contribution in [3.63, 3.8) is 0 Å². The van der Waals surface area contributed by atoms with Gasteiger partial charge in [0.25, 0.3) is 0 Å². The summed E-state index contributed by atoms with van der Waals surface area (Å²) < 4.78 is 2.43. The molecule has 2 heterocycles. The van der Waals surface area contributed by atoms with Gasteiger partial charge in [0.05, 0.1) is 11.0 Å². The Hall–Kier alpha value is -4.30. The molecule has 47 heavy (non-hydrogen) atoms. The van der Waals surface area contributed by atoms with Crippen molar-refractivity contribution in [1.29, 1.82) is 0 Å². The molecule has 2 nitrogen and oxygen atoms in total. The first-order chi connectivity index (χ1) is 22.5. The largest absolute Gasteiger partial charge is 0.355 e. The Bertz CT molecular complexity index is 2300. The van der Waals surface area contributed by atoms with E-state index >= 15 is 0 Å². The van der Waals surface area contributed by atoms with Crippen LogP contribution in [0.2, 0.25) is 0 Å². The summed E-state index contributed by atoms with van der Waals surface area (Å²) in [6, 6.07) is 37.0. The van der Waals surface area contributed by atoms with Crippen molar-refractivity contribution in [3.8, 4) is 16.8 Å². The first kappa shape index (κ1) is 30.1. The molecule has 0 bridgehead atoms. The highest BCUT2D eigenvalue weighted by molar-refractivity contribution is 6.12. The molecule has 2 heteroatoms. The number of para-hydroxylation sites is 1. The zero-order valence-corrected chi connectivity index (χ0v) is 29.2. The highest BCUT2D eigenvalue weighted by Crippen LogP contribution is 2.62. The summed E-state index contributed by atoms with van der Waals surface area (Å²) in [6.45, 7) is 16.9. The van der Waals surface area contributed by atoms with Gasteiger partial charge in [0.2, 0.25) is 0 Å². The van der Waals surface area contributed by atoms with E-state index in [1.54, 1.807) is 0 Å². The summed E-state index contributed by atoms with van der Waals surface area (Å²) in [5.41, 5.74) is 13.4. The number of unbranched alkanes of at least 4 members (excludes halogenated alkanes) is 3. The molecule has 0 radical (unpaired) electrons. The average Bonchev–Trinajstić information content (AvgIpc) is 3.63. The number of aromatic nitrogens is 2. The van der Waals surface area contributed by atoms with Gasteiger partial charge in [-0.2, -0.15) is 0 Å². The minimum Gasteiger partial charge on any atom is -0.355 e. The van der Waals surface area contributed by atoms with Gasteiger partial charge in [0, 0.05) is 38.3 Å². The van der Waals surface area contributed by atoms with Crippen LogP contribution in [0.1, 0.15) is 90.8 Å². The lowest BCUT2D eigenvalue weighted by molar-refractivity contribution is 0.125. The van der Waals surface area contributed by atoms with E-state index in [1.165, 1.54) is 103 Å². The topological polar surface area (TPSA) is 20.7 Å². The van der Waals surface area contributed by atoms with Crippen molar-refractivity contribution in [1.82, 2.24) is 9.55 Å². The van der Waals surface area contributed by atoms with E-state index in [-0.39, 0.29) is 16.2 Å². The van der Waals surface area contributed by atoms with Gasteiger partial charge in [0.1, 0.15) is 0 Å². The monoisotopic (exact) mass is 616 g/mol. The normalized spacial score (nSPS) is 16.5. The molecule has 0 fully saturated rings. The third-order valence-corrected chi connectivity index (χ3v) is 12.7. The van der Waals surface area contributed by atoms with E-state index in [4.69, 9.17) is 0 Å². The minimum absolute atomic E-state index is 0.0788. The molecule has 0 saturated carbocycles. The molecular formula is C45H48N2. The van der Waals surface area contributed by atoms with Crippen molar-refractivity contribution in [2.75, 3.05) is 0 Å². The van der Waals surface area contributed by atoms with Crippen LogP contribution in [0.3, 0.4) is 0 Å². The van der Waals surface area contributed by atoms with Crippen LogP contribution in [-0.2, 0) is 17.3 Å². The molecule has 0 saturated heterocycles. The second kappa shape index (κ2) is 10.6. The first-order valence-corrected chi connectivity index (χ1v) is 17.8. The minimum atomic E-state index is 0.0788. The lowest BCUT2D eigenvalue weighted by Gasteiger charge is -2.44. The molecule has 5 aromatic carbocycles. The van der Waals surface area contributed by atoms with Gasteiger partial charge in [-0.1, -0.05) is 110 Å². The third kappa shape index (κ3) is 4.37. The van der Waals surface area contributed by atoms with Crippen LogP contribution in [0.25, 0.3) is 60.4 Å². The number of rotatable bonds is 7. The Balaban J connectivity index is 1.22. The number of hydrogen-bond donors (Lipinski definition) is 1. The third-order valence-electron chi connectivity index (χ3n) is 12.7. The molecule has 0 atom stereocenters. The number of aromatic amines is 1. The molecule has 0 spiro atoms. The maximum Gasteiger partial charge on any atom is 0.0541 e. The Morgan fingerprint density at radius 2 is 1.19 bits per heavy atom. The maximum atomic E-state index is 3.77. The molecule has 8 rings (SSSR count). The molecule has 238 valence electrons. The molecule has 1 aliphatic rings. The van der Waals surface area contributed by atoms with Crippen LogP contribution >= 0.6 is 0 Å². The fraction of sp³-hybridized carbons (Fsp3) is 0.333. The van der Waals surface area contributed by atoms with Crippen molar-refractivity contribution in [2.45, 2.75) is 91.4 Å². The Morgan fingerprint density at radius 1 is 0.553 bits per heavy atom. The zero-order chi connectivity index (χ0) is 32.7. The number of nitrogens with zero attached hydrogens (tertiary/aromatic N) is 1. The molecule has 0 unspecified atom stereocenters. The highest BCUT2D eigenvalue weighted by atomic mass is 15.0. The molecular weight excluding hydrogens is 569 g/mol. The van der Waals surface area contributed by atoms with Gasteiger partial charge < -0.3 is 9.55 Å². The molecule has 7 aromatic rings. The maximum absolute atomic E-state index is 3.77. The van der Waals surface area contributed by atoms with Crippen LogP contribution < -0.4 is 0 Å². The summed E-state index contributed by atoms with van der Waals surface area (Å²) in [5.74, 6) is 0. The Morgan fingerprint density at radius 3 is 1.94 bits per heavy atom. The van der Waals surface area contributed by atoms with Gasteiger partial charge in [0.15, 0.2) is 0 Å². The lowest BCUT2D eigenvalue weighted by Crippen LogP contribution is -2.42. The first-order valence-electron chi connectivity index (χ1n) is 17.8. The summed E-state index contributed by atoms with van der Waals surface area (Å²) >= 11 is 0. The number of hydrogen-bond acceptors (Lipinski definition) is 0. The van der Waals surface area contributed by atoms with Gasteiger partial charge >= 0.3 is 0 Å². The predicted molar refractivity (Wildman–Crippen MR) is 203 cm³/mol.